The van der Waals surface area contributed by atoms with E-state index in [2.05, 4.69) is 0 Å². The van der Waals surface area contributed by atoms with E-state index >= 15 is 0 Å². The third kappa shape index (κ3) is 3.16. The molecule has 15 heavy (non-hydrogen) atoms. The summed E-state index contributed by atoms with van der Waals surface area (Å²) in [5.41, 5.74) is 5.77. The zero-order chi connectivity index (χ0) is 11.5. The average Bonchev–Trinajstić information content (AvgIpc) is 2.18. The Bertz CT molecular complexity index is 351. The third-order valence-electron chi connectivity index (χ3n) is 2.29. The Morgan fingerprint density at radius 2 is 1.87 bits per heavy atom. The van der Waals surface area contributed by atoms with Crippen molar-refractivity contribution < 1.29 is 9.46 Å². The topological polar surface area (TPSA) is 63.3 Å². The maximum atomic E-state index is 12.1. The van der Waals surface area contributed by atoms with E-state index in [4.69, 9.17) is 5.73 Å². The highest BCUT2D eigenvalue weighted by atomic mass is 31.2. The van der Waals surface area contributed by atoms with Crippen LogP contribution in [0.3, 0.4) is 0 Å². The zero-order valence-electron chi connectivity index (χ0n) is 9.13. The summed E-state index contributed by atoms with van der Waals surface area (Å²) in [6.45, 7) is 3.98. The van der Waals surface area contributed by atoms with Crippen LogP contribution in [0.25, 0.3) is 0 Å². The minimum atomic E-state index is -3.41. The van der Waals surface area contributed by atoms with Crippen LogP contribution in [0.4, 0.5) is 0 Å². The van der Waals surface area contributed by atoms with Crippen molar-refractivity contribution in [3.63, 3.8) is 0 Å². The van der Waals surface area contributed by atoms with E-state index in [-0.39, 0.29) is 0 Å². The molecular formula is C11H18NO2P. The van der Waals surface area contributed by atoms with Crippen molar-refractivity contribution in [2.45, 2.75) is 26.1 Å². The van der Waals surface area contributed by atoms with E-state index in [1.54, 1.807) is 24.3 Å². The lowest BCUT2D eigenvalue weighted by Crippen LogP contribution is -2.27. The average molecular weight is 227 g/mol. The Morgan fingerprint density at radius 1 is 1.33 bits per heavy atom. The second-order valence-corrected chi connectivity index (χ2v) is 6.58. The van der Waals surface area contributed by atoms with Crippen LogP contribution >= 0.6 is 7.37 Å². The van der Waals surface area contributed by atoms with Gasteiger partial charge in [-0.2, -0.15) is 0 Å². The van der Waals surface area contributed by atoms with Gasteiger partial charge in [-0.25, -0.2) is 0 Å². The van der Waals surface area contributed by atoms with E-state index < -0.39 is 13.2 Å². The van der Waals surface area contributed by atoms with E-state index in [0.29, 0.717) is 17.6 Å². The lowest BCUT2D eigenvalue weighted by atomic mass is 10.1. The van der Waals surface area contributed by atoms with Crippen molar-refractivity contribution in [2.24, 2.45) is 11.7 Å². The molecule has 3 nitrogen and oxygen atoms in total. The van der Waals surface area contributed by atoms with E-state index in [0.717, 1.165) is 0 Å². The van der Waals surface area contributed by atoms with Crippen LogP contribution < -0.4 is 11.0 Å². The number of hydrogen-bond acceptors (Lipinski definition) is 2. The number of nitrogens with two attached hydrogens (primary N) is 1. The summed E-state index contributed by atoms with van der Waals surface area (Å²) in [7, 11) is -3.41. The highest BCUT2D eigenvalue weighted by molar-refractivity contribution is 7.66. The van der Waals surface area contributed by atoms with Gasteiger partial charge in [0.05, 0.1) is 5.78 Å². The Kier molecular flexibility index (Phi) is 4.09. The normalized spacial score (nSPS) is 17.4. The first kappa shape index (κ1) is 12.4. The van der Waals surface area contributed by atoms with Gasteiger partial charge in [0.25, 0.3) is 0 Å². The largest absolute Gasteiger partial charge is 0.340 e. The van der Waals surface area contributed by atoms with Gasteiger partial charge in [-0.05, 0) is 24.5 Å². The fourth-order valence-corrected chi connectivity index (χ4v) is 3.15. The molecule has 0 radical (unpaired) electrons. The van der Waals surface area contributed by atoms with Gasteiger partial charge < -0.3 is 10.6 Å². The molecule has 0 aliphatic heterocycles. The minimum absolute atomic E-state index is 0.323. The summed E-state index contributed by atoms with van der Waals surface area (Å²) in [5.74, 6) is -0.343. The molecular weight excluding hydrogens is 209 g/mol. The molecule has 1 aromatic carbocycles. The highest BCUT2D eigenvalue weighted by Gasteiger charge is 2.29. The third-order valence-corrected chi connectivity index (χ3v) is 4.44. The lowest BCUT2D eigenvalue weighted by Gasteiger charge is -2.20. The second-order valence-electron chi connectivity index (χ2n) is 4.16. The van der Waals surface area contributed by atoms with Gasteiger partial charge in [0.2, 0.25) is 7.37 Å². The fraction of sp³-hybridized carbons (Fsp3) is 0.455. The molecule has 4 heteroatoms. The monoisotopic (exact) mass is 227 g/mol. The van der Waals surface area contributed by atoms with E-state index in [1.807, 2.05) is 19.9 Å². The van der Waals surface area contributed by atoms with Crippen LogP contribution in [0.5, 0.6) is 0 Å². The number of hydrogen-bond donors (Lipinski definition) is 2. The Hall–Kier alpha value is -0.630. The smallest absolute Gasteiger partial charge is 0.245 e. The van der Waals surface area contributed by atoms with E-state index in [9.17, 15) is 9.46 Å². The van der Waals surface area contributed by atoms with Gasteiger partial charge >= 0.3 is 0 Å². The van der Waals surface area contributed by atoms with Crippen LogP contribution in [0.1, 0.15) is 20.3 Å². The van der Waals surface area contributed by atoms with Crippen LogP contribution in [0, 0.1) is 5.92 Å². The molecule has 84 valence electrons. The maximum absolute atomic E-state index is 12.1. The second kappa shape index (κ2) is 4.93. The highest BCUT2D eigenvalue weighted by Crippen LogP contribution is 2.44. The molecule has 0 saturated carbocycles. The summed E-state index contributed by atoms with van der Waals surface area (Å²) < 4.78 is 12.1. The molecule has 0 spiro atoms. The van der Waals surface area contributed by atoms with Gasteiger partial charge in [-0.1, -0.05) is 32.0 Å². The molecule has 0 aliphatic carbocycles. The van der Waals surface area contributed by atoms with Gasteiger partial charge in [-0.15, -0.1) is 0 Å². The molecule has 0 bridgehead atoms. The molecule has 0 aliphatic rings. The quantitative estimate of drug-likeness (QED) is 0.772. The number of rotatable bonds is 4. The predicted molar refractivity (Wildman–Crippen MR) is 63.3 cm³/mol. The summed E-state index contributed by atoms with van der Waals surface area (Å²) in [4.78, 5) is 9.93. The van der Waals surface area contributed by atoms with Crippen LogP contribution in [0.2, 0.25) is 0 Å². The van der Waals surface area contributed by atoms with Crippen molar-refractivity contribution >= 4 is 12.7 Å². The molecule has 0 saturated heterocycles. The fourth-order valence-electron chi connectivity index (χ4n) is 1.46. The van der Waals surface area contributed by atoms with Crippen LogP contribution in [-0.2, 0) is 4.57 Å². The molecule has 0 heterocycles. The van der Waals surface area contributed by atoms with Crippen molar-refractivity contribution in [2.75, 3.05) is 0 Å². The molecule has 2 unspecified atom stereocenters. The Balaban J connectivity index is 2.88. The minimum Gasteiger partial charge on any atom is -0.340 e. The molecule has 0 aromatic heterocycles. The number of benzene rings is 1. The van der Waals surface area contributed by atoms with Gasteiger partial charge in [0.1, 0.15) is 0 Å². The van der Waals surface area contributed by atoms with Crippen LogP contribution in [-0.4, -0.2) is 10.7 Å². The molecule has 1 rings (SSSR count). The van der Waals surface area contributed by atoms with Crippen molar-refractivity contribution in [3.8, 4) is 0 Å². The molecule has 0 amide bonds. The predicted octanol–water partition coefficient (Wildman–Crippen LogP) is 1.91. The van der Waals surface area contributed by atoms with Crippen molar-refractivity contribution in [1.82, 2.24) is 0 Å². The van der Waals surface area contributed by atoms with Crippen molar-refractivity contribution in [3.05, 3.63) is 30.3 Å². The summed E-state index contributed by atoms with van der Waals surface area (Å²) in [6, 6.07) is 8.62. The Morgan fingerprint density at radius 3 is 2.33 bits per heavy atom. The van der Waals surface area contributed by atoms with E-state index in [1.165, 1.54) is 0 Å². The first-order valence-electron chi connectivity index (χ1n) is 5.08. The van der Waals surface area contributed by atoms with Gasteiger partial charge in [0, 0.05) is 5.30 Å². The molecule has 0 fully saturated rings. The molecule has 2 atom stereocenters. The Labute approximate surface area is 90.8 Å². The first-order chi connectivity index (χ1) is 6.94. The molecule has 3 N–H and O–H groups in total. The van der Waals surface area contributed by atoms with Crippen LogP contribution in [0.15, 0.2) is 30.3 Å². The van der Waals surface area contributed by atoms with Crippen molar-refractivity contribution in [1.29, 1.82) is 0 Å². The summed E-state index contributed by atoms with van der Waals surface area (Å²) >= 11 is 0. The zero-order valence-corrected chi connectivity index (χ0v) is 10.0. The lowest BCUT2D eigenvalue weighted by molar-refractivity contribution is 0.455. The summed E-state index contributed by atoms with van der Waals surface area (Å²) in [6.07, 6.45) is 0.558. The van der Waals surface area contributed by atoms with Gasteiger partial charge in [0.15, 0.2) is 0 Å². The first-order valence-corrected chi connectivity index (χ1v) is 6.81. The SMILES string of the molecule is CC(C)CC(N)P(=O)(O)c1ccccc1. The standard InChI is InChI=1S/C11H18NO2P/c1-9(2)8-11(12)15(13,14)10-6-4-3-5-7-10/h3-7,9,11H,8,12H2,1-2H3,(H,13,14). The van der Waals surface area contributed by atoms with Gasteiger partial charge in [-0.3, -0.25) is 4.57 Å². The summed E-state index contributed by atoms with van der Waals surface area (Å²) in [5, 5.41) is 0.443. The molecule has 1 aromatic rings. The maximum Gasteiger partial charge on any atom is 0.245 e.